The van der Waals surface area contributed by atoms with E-state index in [1.165, 1.54) is 0 Å². The van der Waals surface area contributed by atoms with Gasteiger partial charge in [-0.05, 0) is 14.1 Å². The van der Waals surface area contributed by atoms with Gasteiger partial charge in [0.25, 0.3) is 0 Å². The molecule has 0 bridgehead atoms. The third kappa shape index (κ3) is 5.75. The van der Waals surface area contributed by atoms with Crippen molar-refractivity contribution in [3.05, 3.63) is 0 Å². The van der Waals surface area contributed by atoms with Gasteiger partial charge in [0.15, 0.2) is 5.96 Å². The van der Waals surface area contributed by atoms with Gasteiger partial charge in [-0.25, -0.2) is 0 Å². The first-order chi connectivity index (χ1) is 10.5. The second-order valence-electron chi connectivity index (χ2n) is 6.32. The monoisotopic (exact) mass is 438 g/mol. The Morgan fingerprint density at radius 1 is 1.09 bits per heavy atom. The molecule has 0 aromatic carbocycles. The zero-order valence-electron chi connectivity index (χ0n) is 14.8. The van der Waals surface area contributed by atoms with Gasteiger partial charge in [0.2, 0.25) is 5.91 Å². The molecular formula is C15H31IN6O. The van der Waals surface area contributed by atoms with Gasteiger partial charge in [0, 0.05) is 72.4 Å². The van der Waals surface area contributed by atoms with Crippen LogP contribution in [0.2, 0.25) is 0 Å². The van der Waals surface area contributed by atoms with Crippen LogP contribution in [0.1, 0.15) is 6.92 Å². The Hall–Kier alpha value is -0.610. The van der Waals surface area contributed by atoms with E-state index < -0.39 is 0 Å². The van der Waals surface area contributed by atoms with Crippen molar-refractivity contribution >= 4 is 35.8 Å². The molecule has 8 heteroatoms. The Bertz CT molecular complexity index is 411. The van der Waals surface area contributed by atoms with Crippen molar-refractivity contribution in [2.45, 2.75) is 13.0 Å². The fourth-order valence-electron chi connectivity index (χ4n) is 3.10. The molecule has 0 aliphatic carbocycles. The normalized spacial score (nSPS) is 24.3. The summed E-state index contributed by atoms with van der Waals surface area (Å²) < 4.78 is 0. The highest BCUT2D eigenvalue weighted by molar-refractivity contribution is 14.0. The topological polar surface area (TPSA) is 54.4 Å². The minimum Gasteiger partial charge on any atom is -0.355 e. The van der Waals surface area contributed by atoms with Gasteiger partial charge in [-0.15, -0.1) is 24.0 Å². The van der Waals surface area contributed by atoms with Gasteiger partial charge in [0.1, 0.15) is 0 Å². The largest absolute Gasteiger partial charge is 0.355 e. The zero-order valence-corrected chi connectivity index (χ0v) is 17.1. The average Bonchev–Trinajstić information content (AvgIpc) is 2.51. The number of amides is 1. The van der Waals surface area contributed by atoms with Gasteiger partial charge in [-0.1, -0.05) is 0 Å². The number of halogens is 1. The van der Waals surface area contributed by atoms with E-state index >= 15 is 0 Å². The molecular weight excluding hydrogens is 407 g/mol. The maximum atomic E-state index is 11.4. The van der Waals surface area contributed by atoms with E-state index in [9.17, 15) is 4.79 Å². The number of carbonyl (C=O) groups excluding carboxylic acids is 1. The summed E-state index contributed by atoms with van der Waals surface area (Å²) in [4.78, 5) is 24.7. The van der Waals surface area contributed by atoms with Crippen LogP contribution in [0, 0.1) is 0 Å². The molecule has 1 atom stereocenters. The predicted octanol–water partition coefficient (Wildman–Crippen LogP) is -0.410. The first-order valence-corrected chi connectivity index (χ1v) is 8.11. The Morgan fingerprint density at radius 2 is 1.70 bits per heavy atom. The Kier molecular flexibility index (Phi) is 8.56. The maximum absolute atomic E-state index is 11.4. The summed E-state index contributed by atoms with van der Waals surface area (Å²) in [5, 5.41) is 3.51. The van der Waals surface area contributed by atoms with Crippen LogP contribution in [0.5, 0.6) is 0 Å². The molecule has 2 rings (SSSR count). The number of carbonyl (C=O) groups is 1. The minimum absolute atomic E-state index is 0. The fraction of sp³-hybridized carbons (Fsp3) is 0.867. The van der Waals surface area contributed by atoms with Crippen molar-refractivity contribution in [1.29, 1.82) is 0 Å². The molecule has 2 aliphatic rings. The first-order valence-electron chi connectivity index (χ1n) is 8.11. The molecule has 0 aromatic heterocycles. The van der Waals surface area contributed by atoms with Crippen molar-refractivity contribution in [3.63, 3.8) is 0 Å². The number of piperazine rings is 2. The van der Waals surface area contributed by atoms with Crippen LogP contribution in [-0.2, 0) is 4.79 Å². The van der Waals surface area contributed by atoms with E-state index in [1.54, 1.807) is 6.92 Å². The predicted molar refractivity (Wildman–Crippen MR) is 105 cm³/mol. The summed E-state index contributed by atoms with van der Waals surface area (Å²) in [6.45, 7) is 9.12. The van der Waals surface area contributed by atoms with Crippen LogP contribution in [0.4, 0.5) is 0 Å². The van der Waals surface area contributed by atoms with E-state index in [2.05, 4.69) is 39.1 Å². The van der Waals surface area contributed by atoms with Crippen LogP contribution in [-0.4, -0.2) is 111 Å². The van der Waals surface area contributed by atoms with Crippen molar-refractivity contribution in [2.24, 2.45) is 4.99 Å². The van der Waals surface area contributed by atoms with Crippen LogP contribution in [0.3, 0.4) is 0 Å². The third-order valence-electron chi connectivity index (χ3n) is 4.71. The van der Waals surface area contributed by atoms with Gasteiger partial charge < -0.3 is 20.0 Å². The molecule has 0 spiro atoms. The first kappa shape index (κ1) is 20.4. The van der Waals surface area contributed by atoms with E-state index in [-0.39, 0.29) is 29.9 Å². The number of nitrogens with zero attached hydrogens (tertiary/aromatic N) is 5. The molecule has 1 amide bonds. The maximum Gasteiger partial charge on any atom is 0.219 e. The fourth-order valence-corrected chi connectivity index (χ4v) is 3.10. The van der Waals surface area contributed by atoms with E-state index in [1.807, 2.05) is 11.9 Å². The lowest BCUT2D eigenvalue weighted by molar-refractivity contribution is -0.130. The van der Waals surface area contributed by atoms with Crippen LogP contribution in [0.15, 0.2) is 4.99 Å². The number of hydrogen-bond acceptors (Lipinski definition) is 4. The second kappa shape index (κ2) is 9.63. The number of hydrogen-bond donors (Lipinski definition) is 1. The Labute approximate surface area is 157 Å². The lowest BCUT2D eigenvalue weighted by Gasteiger charge is -2.39. The summed E-state index contributed by atoms with van der Waals surface area (Å²) in [7, 11) is 6.19. The van der Waals surface area contributed by atoms with E-state index in [0.717, 1.165) is 58.3 Å². The SMILES string of the molecule is CN=C(NCC1CN(C)CCN1C)N1CCN(C(C)=O)CC1.I. The highest BCUT2D eigenvalue weighted by atomic mass is 127. The Morgan fingerprint density at radius 3 is 2.26 bits per heavy atom. The summed E-state index contributed by atoms with van der Waals surface area (Å²) in [5.74, 6) is 1.11. The molecule has 0 radical (unpaired) electrons. The van der Waals surface area contributed by atoms with E-state index in [0.29, 0.717) is 6.04 Å². The Balaban J connectivity index is 0.00000264. The summed E-state index contributed by atoms with van der Waals surface area (Å²) in [6.07, 6.45) is 0. The quantitative estimate of drug-likeness (QED) is 0.361. The van der Waals surface area contributed by atoms with Gasteiger partial charge in [-0.2, -0.15) is 0 Å². The molecule has 2 saturated heterocycles. The molecule has 2 aliphatic heterocycles. The minimum atomic E-state index is 0. The highest BCUT2D eigenvalue weighted by Crippen LogP contribution is 2.06. The lowest BCUT2D eigenvalue weighted by atomic mass is 10.2. The molecule has 2 fully saturated rings. The molecule has 1 unspecified atom stereocenters. The van der Waals surface area contributed by atoms with Crippen molar-refractivity contribution in [3.8, 4) is 0 Å². The third-order valence-corrected chi connectivity index (χ3v) is 4.71. The number of guanidine groups is 1. The van der Waals surface area contributed by atoms with Gasteiger partial charge in [0.05, 0.1) is 0 Å². The molecule has 134 valence electrons. The lowest BCUT2D eigenvalue weighted by Crippen LogP contribution is -2.57. The highest BCUT2D eigenvalue weighted by Gasteiger charge is 2.24. The number of likely N-dealkylation sites (N-methyl/N-ethyl adjacent to an activating group) is 2. The van der Waals surface area contributed by atoms with E-state index in [4.69, 9.17) is 0 Å². The average molecular weight is 438 g/mol. The standard InChI is InChI=1S/C15H30N6O.HI/c1-13(22)20-7-9-21(10-8-20)15(16-2)17-11-14-12-18(3)5-6-19(14)4;/h14H,5-12H2,1-4H3,(H,16,17);1H. The molecule has 7 nitrogen and oxygen atoms in total. The second-order valence-corrected chi connectivity index (χ2v) is 6.32. The molecule has 1 N–H and O–H groups in total. The molecule has 2 heterocycles. The van der Waals surface area contributed by atoms with Gasteiger partial charge >= 0.3 is 0 Å². The van der Waals surface area contributed by atoms with Crippen molar-refractivity contribution < 1.29 is 4.79 Å². The molecule has 23 heavy (non-hydrogen) atoms. The summed E-state index contributed by atoms with van der Waals surface area (Å²) in [5.41, 5.74) is 0. The van der Waals surface area contributed by atoms with Gasteiger partial charge in [-0.3, -0.25) is 14.7 Å². The molecule has 0 saturated carbocycles. The van der Waals surface area contributed by atoms with Crippen molar-refractivity contribution in [2.75, 3.05) is 73.5 Å². The number of nitrogens with one attached hydrogen (secondary N) is 1. The smallest absolute Gasteiger partial charge is 0.219 e. The molecule has 0 aromatic rings. The van der Waals surface area contributed by atoms with Crippen LogP contribution >= 0.6 is 24.0 Å². The van der Waals surface area contributed by atoms with Crippen molar-refractivity contribution in [1.82, 2.24) is 24.9 Å². The summed E-state index contributed by atoms with van der Waals surface area (Å²) >= 11 is 0. The number of aliphatic imine (C=N–C) groups is 1. The zero-order chi connectivity index (χ0) is 16.1. The summed E-state index contributed by atoms with van der Waals surface area (Å²) in [6, 6.07) is 0.508. The van der Waals surface area contributed by atoms with Crippen LogP contribution in [0.25, 0.3) is 0 Å². The number of rotatable bonds is 2. The van der Waals surface area contributed by atoms with Crippen LogP contribution < -0.4 is 5.32 Å².